The second kappa shape index (κ2) is 3.90. The van der Waals surface area contributed by atoms with Gasteiger partial charge in [0.15, 0.2) is 0 Å². The third-order valence-electron chi connectivity index (χ3n) is 2.10. The number of hydrogen-bond donors (Lipinski definition) is 1. The van der Waals surface area contributed by atoms with Crippen LogP contribution in [0, 0.1) is 0 Å². The van der Waals surface area contributed by atoms with Crippen molar-refractivity contribution in [1.82, 2.24) is 0 Å². The van der Waals surface area contributed by atoms with Gasteiger partial charge in [-0.2, -0.15) is 0 Å². The van der Waals surface area contributed by atoms with E-state index in [1.54, 1.807) is 7.11 Å². The number of carbonyl (C=O) groups is 1. The lowest BCUT2D eigenvalue weighted by Crippen LogP contribution is -1.96. The van der Waals surface area contributed by atoms with E-state index in [1.807, 2.05) is 24.3 Å². The molecule has 0 aliphatic rings. The van der Waals surface area contributed by atoms with Crippen molar-refractivity contribution in [3.8, 4) is 5.75 Å². The number of carboxylic acid groups (broad SMARTS) is 1. The smallest absolute Gasteiger partial charge is 0.308 e. The van der Waals surface area contributed by atoms with Crippen molar-refractivity contribution in [3.05, 3.63) is 29.1 Å². The summed E-state index contributed by atoms with van der Waals surface area (Å²) >= 11 is 1.51. The van der Waals surface area contributed by atoms with Crippen LogP contribution >= 0.6 is 11.3 Å². The Morgan fingerprint density at radius 3 is 2.93 bits per heavy atom. The third kappa shape index (κ3) is 2.10. The number of benzene rings is 1. The lowest BCUT2D eigenvalue weighted by atomic mass is 10.2. The molecule has 0 atom stereocenters. The normalized spacial score (nSPS) is 10.5. The highest BCUT2D eigenvalue weighted by Crippen LogP contribution is 2.29. The molecule has 1 heterocycles. The molecule has 0 aliphatic heterocycles. The Hall–Kier alpha value is -1.55. The SMILES string of the molecule is COc1ccc2sc(CC(=O)O)cc2c1. The number of carboxylic acids is 1. The van der Waals surface area contributed by atoms with Crippen LogP contribution in [-0.4, -0.2) is 18.2 Å². The predicted octanol–water partition coefficient (Wildman–Crippen LogP) is 2.54. The summed E-state index contributed by atoms with van der Waals surface area (Å²) in [6.45, 7) is 0. The first-order valence-electron chi connectivity index (χ1n) is 4.47. The van der Waals surface area contributed by atoms with E-state index in [2.05, 4.69) is 0 Å². The topological polar surface area (TPSA) is 46.5 Å². The molecular weight excluding hydrogens is 212 g/mol. The van der Waals surface area contributed by atoms with Gasteiger partial charge in [0.25, 0.3) is 0 Å². The lowest BCUT2D eigenvalue weighted by Gasteiger charge is -1.97. The fourth-order valence-corrected chi connectivity index (χ4v) is 2.48. The maximum atomic E-state index is 10.6. The molecule has 0 amide bonds. The summed E-state index contributed by atoms with van der Waals surface area (Å²) in [6, 6.07) is 7.64. The monoisotopic (exact) mass is 222 g/mol. The molecule has 78 valence electrons. The summed E-state index contributed by atoms with van der Waals surface area (Å²) in [4.78, 5) is 11.4. The Labute approximate surface area is 90.9 Å². The Morgan fingerprint density at radius 2 is 2.27 bits per heavy atom. The van der Waals surface area contributed by atoms with Gasteiger partial charge in [-0.25, -0.2) is 0 Å². The first-order chi connectivity index (χ1) is 7.19. The van der Waals surface area contributed by atoms with E-state index in [0.29, 0.717) is 0 Å². The van der Waals surface area contributed by atoms with Crippen molar-refractivity contribution in [2.24, 2.45) is 0 Å². The minimum absolute atomic E-state index is 0.0850. The summed E-state index contributed by atoms with van der Waals surface area (Å²) in [5, 5.41) is 9.71. The van der Waals surface area contributed by atoms with E-state index in [1.165, 1.54) is 11.3 Å². The fraction of sp³-hybridized carbons (Fsp3) is 0.182. The van der Waals surface area contributed by atoms with Gasteiger partial charge in [0.2, 0.25) is 0 Å². The van der Waals surface area contributed by atoms with Gasteiger partial charge >= 0.3 is 5.97 Å². The summed E-state index contributed by atoms with van der Waals surface area (Å²) < 4.78 is 6.19. The van der Waals surface area contributed by atoms with Crippen LogP contribution in [0.15, 0.2) is 24.3 Å². The number of ether oxygens (including phenoxy) is 1. The zero-order valence-corrected chi connectivity index (χ0v) is 9.00. The fourth-order valence-electron chi connectivity index (χ4n) is 1.44. The molecule has 4 heteroatoms. The molecule has 1 aromatic carbocycles. The van der Waals surface area contributed by atoms with E-state index in [9.17, 15) is 4.79 Å². The van der Waals surface area contributed by atoms with Gasteiger partial charge in [-0.05, 0) is 29.7 Å². The summed E-state index contributed by atoms with van der Waals surface area (Å²) in [5.41, 5.74) is 0. The predicted molar refractivity (Wildman–Crippen MR) is 59.7 cm³/mol. The molecule has 3 nitrogen and oxygen atoms in total. The minimum atomic E-state index is -0.798. The van der Waals surface area contributed by atoms with Crippen LogP contribution in [0.1, 0.15) is 4.88 Å². The average molecular weight is 222 g/mol. The molecule has 0 bridgehead atoms. The number of thiophene rings is 1. The average Bonchev–Trinajstić information content (AvgIpc) is 2.57. The van der Waals surface area contributed by atoms with Gasteiger partial charge in [0.05, 0.1) is 13.5 Å². The second-order valence-electron chi connectivity index (χ2n) is 3.19. The molecular formula is C11H10O3S. The van der Waals surface area contributed by atoms with Gasteiger partial charge in [-0.3, -0.25) is 4.79 Å². The molecule has 0 fully saturated rings. The molecule has 0 spiro atoms. The van der Waals surface area contributed by atoms with E-state index in [0.717, 1.165) is 20.7 Å². The Kier molecular flexibility index (Phi) is 2.60. The Balaban J connectivity index is 2.42. The van der Waals surface area contributed by atoms with Crippen molar-refractivity contribution >= 4 is 27.4 Å². The maximum absolute atomic E-state index is 10.6. The summed E-state index contributed by atoms with van der Waals surface area (Å²) in [6.07, 6.45) is 0.0850. The molecule has 15 heavy (non-hydrogen) atoms. The summed E-state index contributed by atoms with van der Waals surface area (Å²) in [5.74, 6) is -0.00399. The highest BCUT2D eigenvalue weighted by molar-refractivity contribution is 7.19. The van der Waals surface area contributed by atoms with Crippen LogP contribution in [0.3, 0.4) is 0 Å². The first kappa shape index (κ1) is 9.98. The third-order valence-corrected chi connectivity index (χ3v) is 3.22. The molecule has 0 aliphatic carbocycles. The van der Waals surface area contributed by atoms with Crippen molar-refractivity contribution in [2.75, 3.05) is 7.11 Å². The Morgan fingerprint density at radius 1 is 1.47 bits per heavy atom. The molecule has 1 N–H and O–H groups in total. The molecule has 1 aromatic heterocycles. The second-order valence-corrected chi connectivity index (χ2v) is 4.36. The van der Waals surface area contributed by atoms with Crippen molar-refractivity contribution in [1.29, 1.82) is 0 Å². The van der Waals surface area contributed by atoms with Crippen LogP contribution in [0.4, 0.5) is 0 Å². The largest absolute Gasteiger partial charge is 0.497 e. The van der Waals surface area contributed by atoms with Gasteiger partial charge in [0.1, 0.15) is 5.75 Å². The minimum Gasteiger partial charge on any atom is -0.497 e. The quantitative estimate of drug-likeness (QED) is 0.868. The van der Waals surface area contributed by atoms with Crippen LogP contribution in [0.2, 0.25) is 0 Å². The standard InChI is InChI=1S/C11H10O3S/c1-14-8-2-3-10-7(4-8)5-9(15-10)6-11(12)13/h2-5H,6H2,1H3,(H,12,13). The van der Waals surface area contributed by atoms with Gasteiger partial charge in [-0.15, -0.1) is 11.3 Å². The molecule has 0 saturated carbocycles. The van der Waals surface area contributed by atoms with Gasteiger partial charge in [0, 0.05) is 9.58 Å². The van der Waals surface area contributed by atoms with Crippen LogP contribution in [0.25, 0.3) is 10.1 Å². The Bertz CT molecular complexity index is 502. The zero-order valence-electron chi connectivity index (χ0n) is 8.19. The van der Waals surface area contributed by atoms with Gasteiger partial charge in [-0.1, -0.05) is 0 Å². The molecule has 2 rings (SSSR count). The van der Waals surface area contributed by atoms with E-state index in [-0.39, 0.29) is 6.42 Å². The molecule has 0 unspecified atom stereocenters. The summed E-state index contributed by atoms with van der Waals surface area (Å²) in [7, 11) is 1.62. The van der Waals surface area contributed by atoms with Crippen LogP contribution in [0.5, 0.6) is 5.75 Å². The van der Waals surface area contributed by atoms with Crippen molar-refractivity contribution in [2.45, 2.75) is 6.42 Å². The molecule has 0 saturated heterocycles. The van der Waals surface area contributed by atoms with E-state index >= 15 is 0 Å². The number of fused-ring (bicyclic) bond motifs is 1. The van der Waals surface area contributed by atoms with E-state index in [4.69, 9.17) is 9.84 Å². The van der Waals surface area contributed by atoms with E-state index < -0.39 is 5.97 Å². The first-order valence-corrected chi connectivity index (χ1v) is 5.29. The maximum Gasteiger partial charge on any atom is 0.308 e. The number of hydrogen-bond acceptors (Lipinski definition) is 3. The van der Waals surface area contributed by atoms with Gasteiger partial charge < -0.3 is 9.84 Å². The number of methoxy groups -OCH3 is 1. The number of aliphatic carboxylic acids is 1. The molecule has 0 radical (unpaired) electrons. The van der Waals surface area contributed by atoms with Crippen LogP contribution < -0.4 is 4.74 Å². The van der Waals surface area contributed by atoms with Crippen molar-refractivity contribution < 1.29 is 14.6 Å². The zero-order chi connectivity index (χ0) is 10.8. The van der Waals surface area contributed by atoms with Crippen LogP contribution in [-0.2, 0) is 11.2 Å². The number of rotatable bonds is 3. The van der Waals surface area contributed by atoms with Crippen molar-refractivity contribution in [3.63, 3.8) is 0 Å². The highest BCUT2D eigenvalue weighted by Gasteiger charge is 2.06. The molecule has 2 aromatic rings. The lowest BCUT2D eigenvalue weighted by molar-refractivity contribution is -0.136. The highest BCUT2D eigenvalue weighted by atomic mass is 32.1.